The van der Waals surface area contributed by atoms with Crippen LogP contribution in [0.2, 0.25) is 0 Å². The Morgan fingerprint density at radius 2 is 1.88 bits per heavy atom. The topological polar surface area (TPSA) is 113 Å². The first-order valence-corrected chi connectivity index (χ1v) is 9.12. The monoisotopic (exact) mass is 453 g/mol. The number of hydrogen-bond donors (Lipinski definition) is 0. The van der Waals surface area contributed by atoms with Gasteiger partial charge >= 0.3 is 5.63 Å². The summed E-state index contributed by atoms with van der Waals surface area (Å²) in [5.41, 5.74) is 8.28. The summed E-state index contributed by atoms with van der Waals surface area (Å²) in [6.07, 6.45) is 0. The smallest absolute Gasteiger partial charge is 0.337 e. The molecule has 120 valence electrons. The maximum Gasteiger partial charge on any atom is 0.337 e. The summed E-state index contributed by atoms with van der Waals surface area (Å²) in [6, 6.07) is 11.5. The van der Waals surface area contributed by atoms with Crippen molar-refractivity contribution in [3.8, 4) is 0 Å². The number of azide groups is 1. The van der Waals surface area contributed by atoms with Gasteiger partial charge in [-0.15, -0.1) is 0 Å². The zero-order valence-corrected chi connectivity index (χ0v) is 14.9. The van der Waals surface area contributed by atoms with E-state index in [0.29, 0.717) is 14.6 Å². The van der Waals surface area contributed by atoms with Gasteiger partial charge in [-0.2, -0.15) is 0 Å². The maximum atomic E-state index is 12.9. The molecule has 0 aliphatic heterocycles. The molecule has 0 radical (unpaired) electrons. The van der Waals surface area contributed by atoms with Crippen LogP contribution in [-0.4, -0.2) is 8.42 Å². The summed E-state index contributed by atoms with van der Waals surface area (Å²) in [6.45, 7) is 0. The molecule has 9 heteroatoms. The number of benzene rings is 2. The lowest BCUT2D eigenvalue weighted by atomic mass is 10.2. The Kier molecular flexibility index (Phi) is 4.31. The summed E-state index contributed by atoms with van der Waals surface area (Å²) < 4.78 is 31.4. The molecule has 0 aliphatic carbocycles. The van der Waals surface area contributed by atoms with Crippen LogP contribution in [-0.2, 0) is 9.84 Å². The maximum absolute atomic E-state index is 12.9. The van der Waals surface area contributed by atoms with Crippen LogP contribution in [0.25, 0.3) is 21.4 Å². The van der Waals surface area contributed by atoms with Crippen LogP contribution in [0.1, 0.15) is 0 Å². The van der Waals surface area contributed by atoms with Gasteiger partial charge in [-0.3, -0.25) is 0 Å². The van der Waals surface area contributed by atoms with E-state index in [9.17, 15) is 13.2 Å². The van der Waals surface area contributed by atoms with Gasteiger partial charge in [-0.1, -0.05) is 23.3 Å². The molecular formula is C15H8IN3O4S. The van der Waals surface area contributed by atoms with E-state index >= 15 is 0 Å². The Morgan fingerprint density at radius 3 is 2.58 bits per heavy atom. The Labute approximate surface area is 149 Å². The van der Waals surface area contributed by atoms with E-state index in [1.165, 1.54) is 24.3 Å². The third-order valence-electron chi connectivity index (χ3n) is 3.28. The van der Waals surface area contributed by atoms with Gasteiger partial charge in [0, 0.05) is 19.9 Å². The lowest BCUT2D eigenvalue weighted by molar-refractivity contribution is 0.553. The minimum atomic E-state index is -3.94. The van der Waals surface area contributed by atoms with Crippen molar-refractivity contribution in [2.75, 3.05) is 0 Å². The van der Waals surface area contributed by atoms with Gasteiger partial charge < -0.3 is 4.42 Å². The van der Waals surface area contributed by atoms with E-state index in [1.54, 1.807) is 18.2 Å². The second-order valence-electron chi connectivity index (χ2n) is 4.73. The molecular weight excluding hydrogens is 445 g/mol. The molecule has 7 nitrogen and oxygen atoms in total. The van der Waals surface area contributed by atoms with Crippen molar-refractivity contribution in [2.24, 2.45) is 5.11 Å². The highest BCUT2D eigenvalue weighted by molar-refractivity contribution is 14.1. The van der Waals surface area contributed by atoms with Crippen molar-refractivity contribution >= 4 is 49.1 Å². The molecule has 0 spiro atoms. The zero-order chi connectivity index (χ0) is 17.3. The summed E-state index contributed by atoms with van der Waals surface area (Å²) in [4.78, 5) is 14.3. The second-order valence-corrected chi connectivity index (χ2v) is 7.81. The fourth-order valence-electron chi connectivity index (χ4n) is 2.22. The van der Waals surface area contributed by atoms with E-state index < -0.39 is 15.5 Å². The molecule has 0 N–H and O–H groups in total. The summed E-state index contributed by atoms with van der Waals surface area (Å²) in [7, 11) is -3.94. The molecule has 3 aromatic rings. The van der Waals surface area contributed by atoms with Crippen LogP contribution >= 0.6 is 22.6 Å². The summed E-state index contributed by atoms with van der Waals surface area (Å²) >= 11 is 1.88. The number of nitrogens with zero attached hydrogens (tertiary/aromatic N) is 3. The molecule has 0 atom stereocenters. The van der Waals surface area contributed by atoms with Crippen molar-refractivity contribution in [3.05, 3.63) is 73.0 Å². The highest BCUT2D eigenvalue weighted by Crippen LogP contribution is 2.30. The quantitative estimate of drug-likeness (QED) is 0.195. The van der Waals surface area contributed by atoms with E-state index in [-0.39, 0.29) is 15.4 Å². The van der Waals surface area contributed by atoms with Gasteiger partial charge in [0.2, 0.25) is 9.84 Å². The molecule has 0 saturated heterocycles. The number of halogens is 1. The zero-order valence-electron chi connectivity index (χ0n) is 11.9. The lowest BCUT2D eigenvalue weighted by Crippen LogP contribution is -2.08. The number of fused-ring (bicyclic) bond motifs is 1. The van der Waals surface area contributed by atoms with Gasteiger partial charge in [-0.25, -0.2) is 13.2 Å². The van der Waals surface area contributed by atoms with Crippen LogP contribution in [0.15, 0.2) is 72.6 Å². The standard InChI is InChI=1S/C15H8IN3O4S/c16-11-7-9(5-6-12(11)18-19-17)24(21,22)14-8-15(20)23-13-4-2-1-3-10(13)14/h1-8H. The molecule has 24 heavy (non-hydrogen) atoms. The minimum absolute atomic E-state index is 0.000423. The summed E-state index contributed by atoms with van der Waals surface area (Å²) in [5.74, 6) is 0. The second kappa shape index (κ2) is 6.27. The average Bonchev–Trinajstić information content (AvgIpc) is 2.56. The van der Waals surface area contributed by atoms with Crippen molar-refractivity contribution < 1.29 is 12.8 Å². The van der Waals surface area contributed by atoms with Crippen LogP contribution in [0, 0.1) is 3.57 Å². The fourth-order valence-corrected chi connectivity index (χ4v) is 4.53. The van der Waals surface area contributed by atoms with Gasteiger partial charge in [0.25, 0.3) is 0 Å². The first kappa shape index (κ1) is 16.5. The fraction of sp³-hybridized carbons (Fsp3) is 0. The molecule has 0 unspecified atom stereocenters. The van der Waals surface area contributed by atoms with Gasteiger partial charge in [0.15, 0.2) is 0 Å². The lowest BCUT2D eigenvalue weighted by Gasteiger charge is -2.08. The molecule has 0 amide bonds. The minimum Gasteiger partial charge on any atom is -0.423 e. The predicted molar refractivity (Wildman–Crippen MR) is 95.9 cm³/mol. The third-order valence-corrected chi connectivity index (χ3v) is 5.94. The molecule has 1 aromatic heterocycles. The number of hydrogen-bond acceptors (Lipinski definition) is 5. The Bertz CT molecular complexity index is 1160. The number of rotatable bonds is 3. The molecule has 1 heterocycles. The van der Waals surface area contributed by atoms with Crippen molar-refractivity contribution in [1.29, 1.82) is 0 Å². The first-order chi connectivity index (χ1) is 11.4. The normalized spacial score (nSPS) is 11.2. The highest BCUT2D eigenvalue weighted by Gasteiger charge is 2.22. The number of sulfone groups is 1. The third kappa shape index (κ3) is 2.88. The molecule has 0 saturated carbocycles. The Hall–Kier alpha value is -2.36. The SMILES string of the molecule is [N-]=[N+]=Nc1ccc(S(=O)(=O)c2cc(=O)oc3ccccc23)cc1I. The van der Waals surface area contributed by atoms with Crippen molar-refractivity contribution in [2.45, 2.75) is 9.79 Å². The van der Waals surface area contributed by atoms with Gasteiger partial charge in [0.1, 0.15) is 5.58 Å². The van der Waals surface area contributed by atoms with Crippen molar-refractivity contribution in [1.82, 2.24) is 0 Å². The van der Waals surface area contributed by atoms with E-state index in [1.807, 2.05) is 22.6 Å². The largest absolute Gasteiger partial charge is 0.423 e. The highest BCUT2D eigenvalue weighted by atomic mass is 127. The van der Waals surface area contributed by atoms with Gasteiger partial charge in [-0.05, 0) is 52.4 Å². The van der Waals surface area contributed by atoms with Crippen LogP contribution in [0.4, 0.5) is 5.69 Å². The van der Waals surface area contributed by atoms with Crippen LogP contribution in [0.5, 0.6) is 0 Å². The molecule has 3 rings (SSSR count). The van der Waals surface area contributed by atoms with Crippen molar-refractivity contribution in [3.63, 3.8) is 0 Å². The molecule has 2 aromatic carbocycles. The predicted octanol–water partition coefficient (Wildman–Crippen LogP) is 4.17. The molecule has 0 aliphatic rings. The van der Waals surface area contributed by atoms with E-state index in [4.69, 9.17) is 9.95 Å². The van der Waals surface area contributed by atoms with Crippen LogP contribution < -0.4 is 5.63 Å². The first-order valence-electron chi connectivity index (χ1n) is 6.56. The number of para-hydroxylation sites is 1. The summed E-state index contributed by atoms with van der Waals surface area (Å²) in [5, 5.41) is 3.80. The Morgan fingerprint density at radius 1 is 1.12 bits per heavy atom. The average molecular weight is 453 g/mol. The molecule has 0 bridgehead atoms. The Balaban J connectivity index is 2.28. The van der Waals surface area contributed by atoms with Gasteiger partial charge in [0.05, 0.1) is 15.5 Å². The van der Waals surface area contributed by atoms with Crippen LogP contribution in [0.3, 0.4) is 0 Å². The van der Waals surface area contributed by atoms with E-state index in [2.05, 4.69) is 10.0 Å². The molecule has 0 fully saturated rings. The van der Waals surface area contributed by atoms with E-state index in [0.717, 1.165) is 6.07 Å².